The zero-order valence-corrected chi connectivity index (χ0v) is 12.6. The van der Waals surface area contributed by atoms with Crippen molar-refractivity contribution in [3.8, 4) is 0 Å². The number of nitrogens with two attached hydrogens (primary N) is 1. The molecular formula is C16H26FN3. The SMILES string of the molecule is CCC1CN(C)CCCN1C(CN)c1ccc(F)cc1. The van der Waals surface area contributed by atoms with E-state index in [4.69, 9.17) is 5.73 Å². The molecule has 1 saturated heterocycles. The van der Waals surface area contributed by atoms with Crippen LogP contribution in [-0.4, -0.2) is 49.1 Å². The summed E-state index contributed by atoms with van der Waals surface area (Å²) in [7, 11) is 2.18. The lowest BCUT2D eigenvalue weighted by molar-refractivity contribution is 0.131. The highest BCUT2D eigenvalue weighted by molar-refractivity contribution is 5.20. The maximum Gasteiger partial charge on any atom is 0.123 e. The summed E-state index contributed by atoms with van der Waals surface area (Å²) in [5.41, 5.74) is 7.15. The van der Waals surface area contributed by atoms with Gasteiger partial charge in [0.2, 0.25) is 0 Å². The van der Waals surface area contributed by atoms with E-state index in [0.717, 1.165) is 38.0 Å². The zero-order valence-electron chi connectivity index (χ0n) is 12.6. The van der Waals surface area contributed by atoms with E-state index >= 15 is 0 Å². The van der Waals surface area contributed by atoms with Crippen LogP contribution in [0, 0.1) is 5.82 Å². The van der Waals surface area contributed by atoms with Crippen LogP contribution in [0.3, 0.4) is 0 Å². The number of benzene rings is 1. The topological polar surface area (TPSA) is 32.5 Å². The van der Waals surface area contributed by atoms with Crippen LogP contribution < -0.4 is 5.73 Å². The average molecular weight is 279 g/mol. The molecule has 0 saturated carbocycles. The van der Waals surface area contributed by atoms with Gasteiger partial charge in [0, 0.05) is 31.7 Å². The number of rotatable bonds is 4. The normalized spacial score (nSPS) is 23.5. The zero-order chi connectivity index (χ0) is 14.5. The van der Waals surface area contributed by atoms with Crippen molar-refractivity contribution < 1.29 is 4.39 Å². The highest BCUT2D eigenvalue weighted by Gasteiger charge is 2.28. The Kier molecular flexibility index (Phi) is 5.52. The molecule has 1 aliphatic rings. The van der Waals surface area contributed by atoms with Gasteiger partial charge in [-0.2, -0.15) is 0 Å². The molecule has 4 heteroatoms. The summed E-state index contributed by atoms with van der Waals surface area (Å²) >= 11 is 0. The van der Waals surface area contributed by atoms with Gasteiger partial charge in [0.05, 0.1) is 0 Å². The predicted octanol–water partition coefficient (Wildman–Crippen LogP) is 2.24. The first-order valence-electron chi connectivity index (χ1n) is 7.55. The standard InChI is InChI=1S/C16H26FN3/c1-3-15-12-19(2)9-4-10-20(15)16(11-18)13-5-7-14(17)8-6-13/h5-8,15-16H,3-4,9-12,18H2,1-2H3. The Morgan fingerprint density at radius 1 is 1.30 bits per heavy atom. The van der Waals surface area contributed by atoms with Crippen LogP contribution >= 0.6 is 0 Å². The molecule has 20 heavy (non-hydrogen) atoms. The molecule has 0 aliphatic carbocycles. The van der Waals surface area contributed by atoms with Gasteiger partial charge in [-0.1, -0.05) is 19.1 Å². The molecule has 1 heterocycles. The van der Waals surface area contributed by atoms with Crippen LogP contribution in [0.2, 0.25) is 0 Å². The van der Waals surface area contributed by atoms with Crippen molar-refractivity contribution in [3.63, 3.8) is 0 Å². The Bertz CT molecular complexity index is 407. The number of likely N-dealkylation sites (N-methyl/N-ethyl adjacent to an activating group) is 1. The Hall–Kier alpha value is -0.970. The van der Waals surface area contributed by atoms with E-state index in [1.54, 1.807) is 0 Å². The number of halogens is 1. The van der Waals surface area contributed by atoms with E-state index in [1.807, 2.05) is 12.1 Å². The Balaban J connectivity index is 2.21. The second-order valence-corrected chi connectivity index (χ2v) is 5.72. The van der Waals surface area contributed by atoms with Gasteiger partial charge in [0.1, 0.15) is 5.82 Å². The minimum atomic E-state index is -0.188. The third kappa shape index (κ3) is 3.57. The van der Waals surface area contributed by atoms with Crippen LogP contribution in [0.15, 0.2) is 24.3 Å². The average Bonchev–Trinajstić information content (AvgIpc) is 2.63. The maximum absolute atomic E-state index is 13.1. The van der Waals surface area contributed by atoms with Crippen molar-refractivity contribution in [2.75, 3.05) is 33.2 Å². The molecule has 2 unspecified atom stereocenters. The van der Waals surface area contributed by atoms with Crippen molar-refractivity contribution in [1.29, 1.82) is 0 Å². The fourth-order valence-corrected chi connectivity index (χ4v) is 3.18. The first-order chi connectivity index (χ1) is 9.65. The van der Waals surface area contributed by atoms with Crippen LogP contribution in [-0.2, 0) is 0 Å². The summed E-state index contributed by atoms with van der Waals surface area (Å²) in [6.45, 7) is 6.07. The van der Waals surface area contributed by atoms with Crippen molar-refractivity contribution in [2.45, 2.75) is 31.8 Å². The van der Waals surface area contributed by atoms with Crippen LogP contribution in [0.1, 0.15) is 31.4 Å². The molecule has 0 aromatic heterocycles. The van der Waals surface area contributed by atoms with E-state index in [0.29, 0.717) is 12.6 Å². The Morgan fingerprint density at radius 3 is 2.60 bits per heavy atom. The monoisotopic (exact) mass is 279 g/mol. The highest BCUT2D eigenvalue weighted by atomic mass is 19.1. The second-order valence-electron chi connectivity index (χ2n) is 5.72. The molecule has 112 valence electrons. The first-order valence-corrected chi connectivity index (χ1v) is 7.55. The first kappa shape index (κ1) is 15.4. The van der Waals surface area contributed by atoms with Crippen LogP contribution in [0.4, 0.5) is 4.39 Å². The molecule has 2 rings (SSSR count). The van der Waals surface area contributed by atoms with Gasteiger partial charge in [-0.05, 0) is 44.1 Å². The van der Waals surface area contributed by atoms with E-state index in [-0.39, 0.29) is 11.9 Å². The maximum atomic E-state index is 13.1. The molecule has 1 aromatic carbocycles. The molecule has 2 N–H and O–H groups in total. The van der Waals surface area contributed by atoms with Crippen molar-refractivity contribution in [3.05, 3.63) is 35.6 Å². The van der Waals surface area contributed by atoms with E-state index < -0.39 is 0 Å². The lowest BCUT2D eigenvalue weighted by Crippen LogP contribution is -2.44. The molecular weight excluding hydrogens is 253 g/mol. The van der Waals surface area contributed by atoms with Gasteiger partial charge < -0.3 is 10.6 Å². The molecule has 0 radical (unpaired) electrons. The summed E-state index contributed by atoms with van der Waals surface area (Å²) < 4.78 is 13.1. The fourth-order valence-electron chi connectivity index (χ4n) is 3.18. The minimum absolute atomic E-state index is 0.187. The molecule has 1 aromatic rings. The third-order valence-electron chi connectivity index (χ3n) is 4.30. The summed E-state index contributed by atoms with van der Waals surface area (Å²) in [5, 5.41) is 0. The second kappa shape index (κ2) is 7.16. The Labute approximate surface area is 121 Å². The predicted molar refractivity (Wildman–Crippen MR) is 81.1 cm³/mol. The molecule has 0 spiro atoms. The summed E-state index contributed by atoms with van der Waals surface area (Å²) in [4.78, 5) is 4.91. The van der Waals surface area contributed by atoms with Gasteiger partial charge in [0.25, 0.3) is 0 Å². The largest absolute Gasteiger partial charge is 0.329 e. The van der Waals surface area contributed by atoms with E-state index in [2.05, 4.69) is 23.8 Å². The summed E-state index contributed by atoms with van der Waals surface area (Å²) in [6, 6.07) is 7.50. The minimum Gasteiger partial charge on any atom is -0.329 e. The van der Waals surface area contributed by atoms with Crippen molar-refractivity contribution in [2.24, 2.45) is 5.73 Å². The summed E-state index contributed by atoms with van der Waals surface area (Å²) in [5.74, 6) is -0.188. The number of hydrogen-bond acceptors (Lipinski definition) is 3. The fraction of sp³-hybridized carbons (Fsp3) is 0.625. The van der Waals surface area contributed by atoms with Crippen LogP contribution in [0.5, 0.6) is 0 Å². The van der Waals surface area contributed by atoms with E-state index in [1.165, 1.54) is 12.1 Å². The Morgan fingerprint density at radius 2 is 2.00 bits per heavy atom. The highest BCUT2D eigenvalue weighted by Crippen LogP contribution is 2.25. The van der Waals surface area contributed by atoms with Gasteiger partial charge in [-0.25, -0.2) is 4.39 Å². The van der Waals surface area contributed by atoms with Crippen LogP contribution in [0.25, 0.3) is 0 Å². The molecule has 1 aliphatic heterocycles. The number of nitrogens with zero attached hydrogens (tertiary/aromatic N) is 2. The third-order valence-corrected chi connectivity index (χ3v) is 4.30. The van der Waals surface area contributed by atoms with Gasteiger partial charge in [0.15, 0.2) is 0 Å². The molecule has 2 atom stereocenters. The lowest BCUT2D eigenvalue weighted by atomic mass is 10.0. The van der Waals surface area contributed by atoms with E-state index in [9.17, 15) is 4.39 Å². The van der Waals surface area contributed by atoms with Gasteiger partial charge in [-0.15, -0.1) is 0 Å². The van der Waals surface area contributed by atoms with Gasteiger partial charge >= 0.3 is 0 Å². The molecule has 0 amide bonds. The molecule has 0 bridgehead atoms. The smallest absolute Gasteiger partial charge is 0.123 e. The quantitative estimate of drug-likeness (QED) is 0.917. The van der Waals surface area contributed by atoms with Gasteiger partial charge in [-0.3, -0.25) is 4.90 Å². The van der Waals surface area contributed by atoms with Crippen molar-refractivity contribution in [1.82, 2.24) is 9.80 Å². The van der Waals surface area contributed by atoms with Crippen molar-refractivity contribution >= 4 is 0 Å². The molecule has 1 fully saturated rings. The molecule has 3 nitrogen and oxygen atoms in total. The number of hydrogen-bond donors (Lipinski definition) is 1. The summed E-state index contributed by atoms with van der Waals surface area (Å²) in [6.07, 6.45) is 2.27. The lowest BCUT2D eigenvalue weighted by Gasteiger charge is -2.36.